The summed E-state index contributed by atoms with van der Waals surface area (Å²) in [5.41, 5.74) is 1.46. The van der Waals surface area contributed by atoms with Gasteiger partial charge in [-0.3, -0.25) is 9.59 Å². The number of nitrogens with zero attached hydrogens (tertiary/aromatic N) is 3. The number of amides is 2. The highest BCUT2D eigenvalue weighted by Crippen LogP contribution is 2.16. The van der Waals surface area contributed by atoms with Crippen molar-refractivity contribution in [2.45, 2.75) is 6.42 Å². The van der Waals surface area contributed by atoms with Gasteiger partial charge >= 0.3 is 0 Å². The first-order valence-corrected chi connectivity index (χ1v) is 8.06. The molecular weight excluding hydrogens is 328 g/mol. The summed E-state index contributed by atoms with van der Waals surface area (Å²) in [6, 6.07) is 10.6. The van der Waals surface area contributed by atoms with Crippen LogP contribution in [0.2, 0.25) is 0 Å². The van der Waals surface area contributed by atoms with Gasteiger partial charge in [0.25, 0.3) is 5.91 Å². The minimum absolute atomic E-state index is 0.165. The van der Waals surface area contributed by atoms with Crippen LogP contribution < -0.4 is 10.6 Å². The van der Waals surface area contributed by atoms with Gasteiger partial charge in [0.05, 0.1) is 4.88 Å². The van der Waals surface area contributed by atoms with Gasteiger partial charge in [-0.25, -0.2) is 0 Å². The molecule has 2 aromatic heterocycles. The smallest absolute Gasteiger partial charge is 0.261 e. The van der Waals surface area contributed by atoms with Crippen molar-refractivity contribution in [1.82, 2.24) is 25.9 Å². The minimum atomic E-state index is -0.172. The van der Waals surface area contributed by atoms with Crippen molar-refractivity contribution in [3.63, 3.8) is 0 Å². The van der Waals surface area contributed by atoms with E-state index in [1.807, 2.05) is 11.4 Å². The number of anilines is 1. The van der Waals surface area contributed by atoms with Crippen LogP contribution in [0.3, 0.4) is 0 Å². The van der Waals surface area contributed by atoms with Gasteiger partial charge in [0.15, 0.2) is 0 Å². The van der Waals surface area contributed by atoms with Crippen LogP contribution in [0.15, 0.2) is 41.8 Å². The molecule has 0 aliphatic rings. The maximum Gasteiger partial charge on any atom is 0.261 e. The van der Waals surface area contributed by atoms with Crippen LogP contribution >= 0.6 is 11.3 Å². The summed E-state index contributed by atoms with van der Waals surface area (Å²) >= 11 is 1.36. The third kappa shape index (κ3) is 4.02. The molecule has 9 heteroatoms. The Labute approximate surface area is 141 Å². The third-order valence-corrected chi connectivity index (χ3v) is 4.02. The number of benzene rings is 1. The third-order valence-electron chi connectivity index (χ3n) is 3.15. The van der Waals surface area contributed by atoms with Gasteiger partial charge in [-0.1, -0.05) is 6.07 Å². The zero-order chi connectivity index (χ0) is 16.8. The summed E-state index contributed by atoms with van der Waals surface area (Å²) in [5, 5.41) is 21.0. The van der Waals surface area contributed by atoms with Crippen molar-refractivity contribution in [1.29, 1.82) is 0 Å². The maximum atomic E-state index is 11.9. The van der Waals surface area contributed by atoms with Gasteiger partial charge in [0, 0.05) is 24.2 Å². The topological polar surface area (TPSA) is 113 Å². The maximum absolute atomic E-state index is 11.9. The molecule has 3 rings (SSSR count). The number of hydrogen-bond donors (Lipinski definition) is 3. The number of aromatic amines is 1. The molecule has 122 valence electrons. The van der Waals surface area contributed by atoms with Crippen molar-refractivity contribution in [2.24, 2.45) is 0 Å². The summed E-state index contributed by atoms with van der Waals surface area (Å²) in [6.45, 7) is 0.281. The van der Waals surface area contributed by atoms with E-state index in [4.69, 9.17) is 0 Å². The van der Waals surface area contributed by atoms with E-state index < -0.39 is 0 Å². The molecule has 0 unspecified atom stereocenters. The van der Waals surface area contributed by atoms with Crippen molar-refractivity contribution < 1.29 is 9.59 Å². The Morgan fingerprint density at radius 3 is 2.67 bits per heavy atom. The number of H-pyrrole nitrogens is 1. The molecule has 1 aromatic carbocycles. The second kappa shape index (κ2) is 7.47. The Morgan fingerprint density at radius 2 is 2.00 bits per heavy atom. The van der Waals surface area contributed by atoms with E-state index in [1.54, 1.807) is 30.3 Å². The molecular formula is C15H14N6O2S. The van der Waals surface area contributed by atoms with Gasteiger partial charge in [0.2, 0.25) is 11.7 Å². The molecule has 0 aliphatic carbocycles. The highest BCUT2D eigenvalue weighted by atomic mass is 32.1. The number of nitrogens with one attached hydrogen (secondary N) is 3. The fraction of sp³-hybridized carbons (Fsp3) is 0.133. The van der Waals surface area contributed by atoms with E-state index in [2.05, 4.69) is 31.3 Å². The monoisotopic (exact) mass is 342 g/mol. The molecule has 0 radical (unpaired) electrons. The summed E-state index contributed by atoms with van der Waals surface area (Å²) < 4.78 is 0. The Kier molecular flexibility index (Phi) is 4.92. The van der Waals surface area contributed by atoms with Gasteiger partial charge in [-0.15, -0.1) is 21.5 Å². The number of thiophene rings is 1. The number of carbonyl (C=O) groups is 2. The van der Waals surface area contributed by atoms with Gasteiger partial charge in [-0.2, -0.15) is 5.21 Å². The van der Waals surface area contributed by atoms with E-state index in [-0.39, 0.29) is 24.8 Å². The SMILES string of the molecule is O=C(CCNC(=O)c1cccs1)Nc1ccc(-c2nn[nH]n2)cc1. The lowest BCUT2D eigenvalue weighted by Crippen LogP contribution is -2.27. The fourth-order valence-corrected chi connectivity index (χ4v) is 2.63. The van der Waals surface area contributed by atoms with Crippen LogP contribution in [-0.4, -0.2) is 39.0 Å². The molecule has 0 saturated heterocycles. The average Bonchev–Trinajstić information content (AvgIpc) is 3.29. The first kappa shape index (κ1) is 15.8. The Morgan fingerprint density at radius 1 is 1.17 bits per heavy atom. The highest BCUT2D eigenvalue weighted by Gasteiger charge is 2.08. The summed E-state index contributed by atoms with van der Waals surface area (Å²) in [7, 11) is 0. The molecule has 3 aromatic rings. The van der Waals surface area contributed by atoms with Crippen LogP contribution in [0, 0.1) is 0 Å². The largest absolute Gasteiger partial charge is 0.351 e. The molecule has 0 atom stereocenters. The van der Waals surface area contributed by atoms with E-state index >= 15 is 0 Å². The van der Waals surface area contributed by atoms with Crippen molar-refractivity contribution in [3.05, 3.63) is 46.7 Å². The first-order chi connectivity index (χ1) is 11.7. The van der Waals surface area contributed by atoms with Gasteiger partial charge in [-0.05, 0) is 40.9 Å². The van der Waals surface area contributed by atoms with Crippen molar-refractivity contribution in [3.8, 4) is 11.4 Å². The predicted molar refractivity (Wildman–Crippen MR) is 89.5 cm³/mol. The average molecular weight is 342 g/mol. The zero-order valence-corrected chi connectivity index (χ0v) is 13.3. The number of tetrazole rings is 1. The van der Waals surface area contributed by atoms with Crippen LogP contribution in [0.1, 0.15) is 16.1 Å². The fourth-order valence-electron chi connectivity index (χ4n) is 1.99. The van der Waals surface area contributed by atoms with Crippen LogP contribution in [0.5, 0.6) is 0 Å². The molecule has 3 N–H and O–H groups in total. The Balaban J connectivity index is 1.46. The number of carbonyl (C=O) groups excluding carboxylic acids is 2. The van der Waals surface area contributed by atoms with Crippen LogP contribution in [-0.2, 0) is 4.79 Å². The first-order valence-electron chi connectivity index (χ1n) is 7.18. The molecule has 2 heterocycles. The minimum Gasteiger partial charge on any atom is -0.351 e. The number of aromatic nitrogens is 4. The standard InChI is InChI=1S/C15H14N6O2S/c22-13(7-8-16-15(23)12-2-1-9-24-12)17-11-5-3-10(4-6-11)14-18-20-21-19-14/h1-6,9H,7-8H2,(H,16,23)(H,17,22)(H,18,19,20,21). The number of rotatable bonds is 6. The molecule has 24 heavy (non-hydrogen) atoms. The Hall–Kier alpha value is -3.07. The van der Waals surface area contributed by atoms with Crippen molar-refractivity contribution >= 4 is 28.8 Å². The van der Waals surface area contributed by atoms with E-state index in [9.17, 15) is 9.59 Å². The Bertz CT molecular complexity index is 799. The molecule has 2 amide bonds. The lowest BCUT2D eigenvalue weighted by atomic mass is 10.2. The highest BCUT2D eigenvalue weighted by molar-refractivity contribution is 7.12. The lowest BCUT2D eigenvalue weighted by Gasteiger charge is -2.06. The molecule has 0 aliphatic heterocycles. The molecule has 8 nitrogen and oxygen atoms in total. The lowest BCUT2D eigenvalue weighted by molar-refractivity contribution is -0.116. The molecule has 0 fully saturated rings. The number of hydrogen-bond acceptors (Lipinski definition) is 6. The second-order valence-corrected chi connectivity index (χ2v) is 5.79. The zero-order valence-electron chi connectivity index (χ0n) is 12.5. The van der Waals surface area contributed by atoms with E-state index in [1.165, 1.54) is 11.3 Å². The van der Waals surface area contributed by atoms with Gasteiger partial charge < -0.3 is 10.6 Å². The van der Waals surface area contributed by atoms with E-state index in [0.29, 0.717) is 16.4 Å². The predicted octanol–water partition coefficient (Wildman–Crippen LogP) is 1.69. The quantitative estimate of drug-likeness (QED) is 0.631. The summed E-state index contributed by atoms with van der Waals surface area (Å²) in [4.78, 5) is 24.3. The van der Waals surface area contributed by atoms with E-state index in [0.717, 1.165) is 5.56 Å². The molecule has 0 saturated carbocycles. The van der Waals surface area contributed by atoms with Crippen LogP contribution in [0.4, 0.5) is 5.69 Å². The second-order valence-electron chi connectivity index (χ2n) is 4.84. The van der Waals surface area contributed by atoms with Crippen molar-refractivity contribution in [2.75, 3.05) is 11.9 Å². The molecule has 0 spiro atoms. The van der Waals surface area contributed by atoms with Crippen LogP contribution in [0.25, 0.3) is 11.4 Å². The summed E-state index contributed by atoms with van der Waals surface area (Å²) in [5.74, 6) is 0.153. The van der Waals surface area contributed by atoms with Gasteiger partial charge in [0.1, 0.15) is 0 Å². The molecule has 0 bridgehead atoms. The summed E-state index contributed by atoms with van der Waals surface area (Å²) in [6.07, 6.45) is 0.198. The normalized spacial score (nSPS) is 10.3.